The Balaban J connectivity index is 0.00000102. The lowest BCUT2D eigenvalue weighted by Gasteiger charge is -2.40. The van der Waals surface area contributed by atoms with Crippen molar-refractivity contribution in [1.29, 1.82) is 0 Å². The van der Waals surface area contributed by atoms with Crippen molar-refractivity contribution in [3.63, 3.8) is 0 Å². The van der Waals surface area contributed by atoms with Gasteiger partial charge in [0, 0.05) is 49.8 Å². The van der Waals surface area contributed by atoms with Crippen molar-refractivity contribution >= 4 is 34.5 Å². The molecule has 1 atom stereocenters. The molecule has 0 radical (unpaired) electrons. The molecule has 1 saturated carbocycles. The first kappa shape index (κ1) is 26.8. The number of pyridine rings is 1. The van der Waals surface area contributed by atoms with E-state index in [1.165, 1.54) is 0 Å². The van der Waals surface area contributed by atoms with Gasteiger partial charge in [-0.3, -0.25) is 4.90 Å². The fourth-order valence-electron chi connectivity index (χ4n) is 5.22. The average Bonchev–Trinajstić information content (AvgIpc) is 3.54. The summed E-state index contributed by atoms with van der Waals surface area (Å²) in [6.45, 7) is 5.76. The van der Waals surface area contributed by atoms with Crippen molar-refractivity contribution in [3.05, 3.63) is 36.3 Å². The van der Waals surface area contributed by atoms with Crippen LogP contribution in [0.1, 0.15) is 49.1 Å². The molecule has 2 fully saturated rings. The van der Waals surface area contributed by atoms with E-state index in [0.717, 1.165) is 56.4 Å². The molecule has 0 unspecified atom stereocenters. The molecule has 0 bridgehead atoms. The number of carboxylic acid groups (broad SMARTS) is 1. The number of piperazine rings is 1. The molecule has 11 heteroatoms. The van der Waals surface area contributed by atoms with Crippen LogP contribution in [0.3, 0.4) is 0 Å². The maximum absolute atomic E-state index is 11.8. The Labute approximate surface area is 217 Å². The Hall–Kier alpha value is -3.28. The zero-order valence-electron chi connectivity index (χ0n) is 21.9. The molecule has 11 nitrogen and oxygen atoms in total. The number of aliphatic hydroxyl groups excluding tert-OH is 1. The monoisotopic (exact) mass is 510 g/mol. The standard InChI is InChI=1S/C24H31N7O3.C2H7N/c1-16-15-30(9-8-29(16)10-11-32)19-6-7-21(25-14-19)27-24-26-13-17-12-20(23(33)34)31(22(17)28-24)18-4-2-3-5-18;1-3-2/h6-7,12-14,16,18,32H,2-5,8-11,15H2,1H3,(H,33,34)(H,25,26,27,28);3H,1-2H3/t16-;/m0./s1. The molecule has 0 aromatic carbocycles. The molecule has 1 aliphatic carbocycles. The van der Waals surface area contributed by atoms with Gasteiger partial charge in [-0.1, -0.05) is 12.8 Å². The maximum Gasteiger partial charge on any atom is 0.352 e. The van der Waals surface area contributed by atoms with Gasteiger partial charge in [0.15, 0.2) is 0 Å². The second-order valence-corrected chi connectivity index (χ2v) is 9.70. The quantitative estimate of drug-likeness (QED) is 0.376. The van der Waals surface area contributed by atoms with Gasteiger partial charge in [0.05, 0.1) is 18.5 Å². The predicted octanol–water partition coefficient (Wildman–Crippen LogP) is 2.72. The van der Waals surface area contributed by atoms with Gasteiger partial charge in [0.1, 0.15) is 17.2 Å². The molecular formula is C26H38N8O3. The number of nitrogens with one attached hydrogen (secondary N) is 2. The zero-order chi connectivity index (χ0) is 26.4. The highest BCUT2D eigenvalue weighted by Crippen LogP contribution is 2.34. The van der Waals surface area contributed by atoms with Crippen molar-refractivity contribution in [2.24, 2.45) is 0 Å². The second-order valence-electron chi connectivity index (χ2n) is 9.70. The van der Waals surface area contributed by atoms with Gasteiger partial charge in [-0.05, 0) is 52.1 Å². The lowest BCUT2D eigenvalue weighted by Crippen LogP contribution is -2.52. The summed E-state index contributed by atoms with van der Waals surface area (Å²) < 4.78 is 1.87. The summed E-state index contributed by atoms with van der Waals surface area (Å²) in [5, 5.41) is 25.6. The summed E-state index contributed by atoms with van der Waals surface area (Å²) >= 11 is 0. The molecule has 37 heavy (non-hydrogen) atoms. The van der Waals surface area contributed by atoms with Crippen LogP contribution in [-0.4, -0.2) is 93.5 Å². The molecule has 5 rings (SSSR count). The van der Waals surface area contributed by atoms with Crippen molar-refractivity contribution in [2.75, 3.05) is 57.1 Å². The molecule has 1 saturated heterocycles. The molecule has 0 spiro atoms. The minimum atomic E-state index is -0.942. The molecule has 4 heterocycles. The number of carbonyl (C=O) groups is 1. The van der Waals surface area contributed by atoms with E-state index in [4.69, 9.17) is 0 Å². The molecule has 200 valence electrons. The normalized spacial score (nSPS) is 18.6. The van der Waals surface area contributed by atoms with Gasteiger partial charge in [-0.25, -0.2) is 14.8 Å². The van der Waals surface area contributed by atoms with Gasteiger partial charge in [0.2, 0.25) is 5.95 Å². The Morgan fingerprint density at radius 2 is 1.89 bits per heavy atom. The van der Waals surface area contributed by atoms with E-state index in [-0.39, 0.29) is 18.3 Å². The lowest BCUT2D eigenvalue weighted by atomic mass is 10.2. The molecule has 3 aromatic rings. The third-order valence-corrected chi connectivity index (χ3v) is 6.99. The van der Waals surface area contributed by atoms with Crippen molar-refractivity contribution in [2.45, 2.75) is 44.7 Å². The Kier molecular flexibility index (Phi) is 8.91. The van der Waals surface area contributed by atoms with Crippen LogP contribution in [0.25, 0.3) is 11.0 Å². The maximum atomic E-state index is 11.8. The van der Waals surface area contributed by atoms with E-state index in [9.17, 15) is 15.0 Å². The number of β-amino-alcohol motifs (C(OH)–C–C–N with tert-alkyl or cyclic N) is 1. The number of hydrogen-bond donors (Lipinski definition) is 4. The Bertz CT molecular complexity index is 1180. The number of hydrogen-bond acceptors (Lipinski definition) is 9. The van der Waals surface area contributed by atoms with Gasteiger partial charge in [0.25, 0.3) is 0 Å². The van der Waals surface area contributed by atoms with Crippen LogP contribution in [-0.2, 0) is 0 Å². The summed E-state index contributed by atoms with van der Waals surface area (Å²) in [4.78, 5) is 30.1. The van der Waals surface area contributed by atoms with Gasteiger partial charge in [-0.2, -0.15) is 4.98 Å². The van der Waals surface area contributed by atoms with Crippen LogP contribution in [0.15, 0.2) is 30.6 Å². The molecule has 0 amide bonds. The van der Waals surface area contributed by atoms with Crippen LogP contribution in [0, 0.1) is 0 Å². The van der Waals surface area contributed by atoms with Crippen LogP contribution in [0.5, 0.6) is 0 Å². The fourth-order valence-corrected chi connectivity index (χ4v) is 5.22. The Morgan fingerprint density at radius 1 is 1.14 bits per heavy atom. The smallest absolute Gasteiger partial charge is 0.352 e. The number of nitrogens with zero attached hydrogens (tertiary/aromatic N) is 6. The predicted molar refractivity (Wildman–Crippen MR) is 145 cm³/mol. The van der Waals surface area contributed by atoms with Crippen LogP contribution in [0.2, 0.25) is 0 Å². The highest BCUT2D eigenvalue weighted by Gasteiger charge is 2.26. The Morgan fingerprint density at radius 3 is 2.51 bits per heavy atom. The SMILES string of the molecule is CNC.C[C@H]1CN(c2ccc(Nc3ncc4cc(C(=O)O)n(C5CCCC5)c4n3)nc2)CCN1CCO. The topological polar surface area (TPSA) is 132 Å². The van der Waals surface area contributed by atoms with E-state index in [1.54, 1.807) is 12.3 Å². The van der Waals surface area contributed by atoms with Crippen LogP contribution in [0.4, 0.5) is 17.5 Å². The van der Waals surface area contributed by atoms with Crippen molar-refractivity contribution in [1.82, 2.24) is 29.7 Å². The summed E-state index contributed by atoms with van der Waals surface area (Å²) in [7, 11) is 3.75. The minimum Gasteiger partial charge on any atom is -0.477 e. The fraction of sp³-hybridized carbons (Fsp3) is 0.538. The van der Waals surface area contributed by atoms with E-state index in [2.05, 4.69) is 42.3 Å². The number of rotatable bonds is 7. The summed E-state index contributed by atoms with van der Waals surface area (Å²) in [5.74, 6) is 0.0870. The van der Waals surface area contributed by atoms with E-state index >= 15 is 0 Å². The number of anilines is 3. The number of aromatic nitrogens is 4. The lowest BCUT2D eigenvalue weighted by molar-refractivity contribution is 0.0683. The molecule has 1 aliphatic heterocycles. The number of carboxylic acids is 1. The summed E-state index contributed by atoms with van der Waals surface area (Å²) in [5.41, 5.74) is 1.97. The molecule has 2 aliphatic rings. The van der Waals surface area contributed by atoms with Crippen LogP contribution < -0.4 is 15.5 Å². The first-order chi connectivity index (χ1) is 17.9. The average molecular weight is 511 g/mol. The first-order valence-electron chi connectivity index (χ1n) is 13.0. The highest BCUT2D eigenvalue weighted by molar-refractivity contribution is 5.93. The summed E-state index contributed by atoms with van der Waals surface area (Å²) in [6.07, 6.45) is 7.65. The zero-order valence-corrected chi connectivity index (χ0v) is 21.9. The number of fused-ring (bicyclic) bond motifs is 1. The number of aliphatic hydroxyl groups is 1. The van der Waals surface area contributed by atoms with Gasteiger partial charge < -0.3 is 30.3 Å². The van der Waals surface area contributed by atoms with E-state index < -0.39 is 5.97 Å². The molecular weight excluding hydrogens is 472 g/mol. The van der Waals surface area contributed by atoms with Gasteiger partial charge >= 0.3 is 5.97 Å². The van der Waals surface area contributed by atoms with Crippen molar-refractivity contribution < 1.29 is 15.0 Å². The van der Waals surface area contributed by atoms with E-state index in [1.807, 2.05) is 37.0 Å². The van der Waals surface area contributed by atoms with Crippen LogP contribution >= 0.6 is 0 Å². The summed E-state index contributed by atoms with van der Waals surface area (Å²) in [6, 6.07) is 6.13. The van der Waals surface area contributed by atoms with E-state index in [0.29, 0.717) is 30.0 Å². The largest absolute Gasteiger partial charge is 0.477 e. The third-order valence-electron chi connectivity index (χ3n) is 6.99. The first-order valence-corrected chi connectivity index (χ1v) is 13.0. The van der Waals surface area contributed by atoms with Crippen molar-refractivity contribution in [3.8, 4) is 0 Å². The third kappa shape index (κ3) is 6.17. The highest BCUT2D eigenvalue weighted by atomic mass is 16.4. The number of aromatic carboxylic acids is 1. The second kappa shape index (κ2) is 12.3. The minimum absolute atomic E-state index is 0.156. The van der Waals surface area contributed by atoms with Gasteiger partial charge in [-0.15, -0.1) is 0 Å². The molecule has 3 aromatic heterocycles. The molecule has 4 N–H and O–H groups in total.